The molecule has 1 amide bonds. The Labute approximate surface area is 151 Å². The zero-order valence-electron chi connectivity index (χ0n) is 13.5. The van der Waals surface area contributed by atoms with Gasteiger partial charge in [-0.05, 0) is 36.3 Å². The second-order valence-electron chi connectivity index (χ2n) is 5.59. The van der Waals surface area contributed by atoms with Crippen LogP contribution in [0.25, 0.3) is 6.08 Å². The molecule has 3 nitrogen and oxygen atoms in total. The van der Waals surface area contributed by atoms with E-state index in [0.29, 0.717) is 15.8 Å². The van der Waals surface area contributed by atoms with Gasteiger partial charge in [0.1, 0.15) is 16.7 Å². The van der Waals surface area contributed by atoms with Crippen molar-refractivity contribution in [2.75, 3.05) is 7.05 Å². The van der Waals surface area contributed by atoms with E-state index in [9.17, 15) is 4.79 Å². The molecule has 0 saturated carbocycles. The number of hydrogen-bond donors (Lipinski definition) is 0. The minimum Gasteiger partial charge on any atom is -0.489 e. The number of ether oxygens (including phenoxy) is 1. The van der Waals surface area contributed by atoms with Crippen LogP contribution in [0, 0.1) is 6.92 Å². The summed E-state index contributed by atoms with van der Waals surface area (Å²) < 4.78 is 6.39. The van der Waals surface area contributed by atoms with Crippen molar-refractivity contribution in [3.63, 3.8) is 0 Å². The van der Waals surface area contributed by atoms with Crippen molar-refractivity contribution in [1.29, 1.82) is 0 Å². The first-order valence-corrected chi connectivity index (χ1v) is 8.75. The summed E-state index contributed by atoms with van der Waals surface area (Å²) in [5.41, 5.74) is 3.32. The molecule has 1 heterocycles. The van der Waals surface area contributed by atoms with Gasteiger partial charge in [-0.25, -0.2) is 0 Å². The predicted octanol–water partition coefficient (Wildman–Crippen LogP) is 4.41. The van der Waals surface area contributed by atoms with Gasteiger partial charge in [-0.15, -0.1) is 0 Å². The lowest BCUT2D eigenvalue weighted by Crippen LogP contribution is -2.22. The van der Waals surface area contributed by atoms with E-state index in [1.807, 2.05) is 42.5 Å². The second-order valence-corrected chi connectivity index (χ2v) is 7.26. The molecular weight excluding hydrogens is 338 g/mol. The Morgan fingerprint density at radius 1 is 1.21 bits per heavy atom. The van der Waals surface area contributed by atoms with E-state index < -0.39 is 0 Å². The van der Waals surface area contributed by atoms with E-state index in [2.05, 4.69) is 19.1 Å². The number of aryl methyl sites for hydroxylation is 1. The standard InChI is InChI=1S/C19H17NO2S2/c1-13-4-3-5-15(10-13)12-22-16-8-6-14(7-9-16)11-17-18(21)20(2)19(23)24-17/h3-11H,12H2,1-2H3/b17-11-. The Hall–Kier alpha value is -2.11. The number of thioether (sulfide) groups is 1. The molecule has 0 bridgehead atoms. The number of benzene rings is 2. The summed E-state index contributed by atoms with van der Waals surface area (Å²) in [7, 11) is 1.70. The second kappa shape index (κ2) is 7.20. The van der Waals surface area contributed by atoms with Gasteiger partial charge in [-0.1, -0.05) is 65.9 Å². The fourth-order valence-corrected chi connectivity index (χ4v) is 3.51. The quantitative estimate of drug-likeness (QED) is 0.600. The minimum atomic E-state index is -0.0511. The molecule has 0 unspecified atom stereocenters. The molecule has 122 valence electrons. The lowest BCUT2D eigenvalue weighted by molar-refractivity contribution is -0.121. The van der Waals surface area contributed by atoms with E-state index in [4.69, 9.17) is 17.0 Å². The third-order valence-corrected chi connectivity index (χ3v) is 5.14. The van der Waals surface area contributed by atoms with Crippen molar-refractivity contribution in [1.82, 2.24) is 4.90 Å². The summed E-state index contributed by atoms with van der Waals surface area (Å²) in [4.78, 5) is 14.1. The molecule has 0 aromatic heterocycles. The van der Waals surface area contributed by atoms with Gasteiger partial charge >= 0.3 is 0 Å². The van der Waals surface area contributed by atoms with Crippen molar-refractivity contribution in [2.24, 2.45) is 0 Å². The Kier molecular flexibility index (Phi) is 5.02. The Balaban J connectivity index is 1.65. The summed E-state index contributed by atoms with van der Waals surface area (Å²) in [5.74, 6) is 0.751. The van der Waals surface area contributed by atoms with Crippen LogP contribution < -0.4 is 4.74 Å². The molecule has 1 aliphatic rings. The maximum absolute atomic E-state index is 12.0. The van der Waals surface area contributed by atoms with Gasteiger partial charge in [0.25, 0.3) is 5.91 Å². The minimum absolute atomic E-state index is 0.0511. The lowest BCUT2D eigenvalue weighted by Gasteiger charge is -2.07. The third kappa shape index (κ3) is 3.86. The number of likely N-dealkylation sites (N-methyl/N-ethyl adjacent to an activating group) is 1. The molecule has 0 N–H and O–H groups in total. The molecule has 1 aliphatic heterocycles. The van der Waals surface area contributed by atoms with Crippen molar-refractivity contribution in [3.05, 3.63) is 70.1 Å². The summed E-state index contributed by atoms with van der Waals surface area (Å²) >= 11 is 6.46. The van der Waals surface area contributed by atoms with Gasteiger partial charge in [0.05, 0.1) is 4.91 Å². The number of rotatable bonds is 4. The van der Waals surface area contributed by atoms with Crippen molar-refractivity contribution in [2.45, 2.75) is 13.5 Å². The van der Waals surface area contributed by atoms with Crippen LogP contribution in [0.5, 0.6) is 5.75 Å². The highest BCUT2D eigenvalue weighted by atomic mass is 32.2. The molecule has 5 heteroatoms. The Bertz CT molecular complexity index is 812. The highest BCUT2D eigenvalue weighted by molar-refractivity contribution is 8.26. The van der Waals surface area contributed by atoms with E-state index >= 15 is 0 Å². The van der Waals surface area contributed by atoms with Crippen molar-refractivity contribution >= 4 is 40.3 Å². The predicted molar refractivity (Wildman–Crippen MR) is 103 cm³/mol. The maximum atomic E-state index is 12.0. The molecular formula is C19H17NO2S2. The molecule has 0 spiro atoms. The SMILES string of the molecule is Cc1cccc(COc2ccc(/C=C3\SC(=S)N(C)C3=O)cc2)c1. The van der Waals surface area contributed by atoms with Crippen LogP contribution in [0.4, 0.5) is 0 Å². The summed E-state index contributed by atoms with van der Waals surface area (Å²) in [6.07, 6.45) is 1.85. The summed E-state index contributed by atoms with van der Waals surface area (Å²) in [6.45, 7) is 2.60. The van der Waals surface area contributed by atoms with Crippen molar-refractivity contribution < 1.29 is 9.53 Å². The Morgan fingerprint density at radius 3 is 2.58 bits per heavy atom. The van der Waals surface area contributed by atoms with Gasteiger partial charge in [0.2, 0.25) is 0 Å². The van der Waals surface area contributed by atoms with Crippen LogP contribution in [0.2, 0.25) is 0 Å². The zero-order chi connectivity index (χ0) is 17.1. The number of amides is 1. The van der Waals surface area contributed by atoms with Crippen molar-refractivity contribution in [3.8, 4) is 5.75 Å². The van der Waals surface area contributed by atoms with Crippen LogP contribution in [0.1, 0.15) is 16.7 Å². The molecule has 2 aromatic rings. The fourth-order valence-electron chi connectivity index (χ4n) is 2.33. The molecule has 0 radical (unpaired) electrons. The van der Waals surface area contributed by atoms with Crippen LogP contribution in [0.3, 0.4) is 0 Å². The molecule has 1 saturated heterocycles. The highest BCUT2D eigenvalue weighted by Crippen LogP contribution is 2.31. The fraction of sp³-hybridized carbons (Fsp3) is 0.158. The number of carbonyl (C=O) groups is 1. The number of hydrogen-bond acceptors (Lipinski definition) is 4. The van der Waals surface area contributed by atoms with Gasteiger partial charge in [0, 0.05) is 7.05 Å². The van der Waals surface area contributed by atoms with Crippen LogP contribution >= 0.6 is 24.0 Å². The van der Waals surface area contributed by atoms with Gasteiger partial charge in [-0.2, -0.15) is 0 Å². The van der Waals surface area contributed by atoms with E-state index in [-0.39, 0.29) is 5.91 Å². The number of carbonyl (C=O) groups excluding carboxylic acids is 1. The topological polar surface area (TPSA) is 29.5 Å². The Morgan fingerprint density at radius 2 is 1.96 bits per heavy atom. The normalized spacial score (nSPS) is 16.1. The largest absolute Gasteiger partial charge is 0.489 e. The number of nitrogens with zero attached hydrogens (tertiary/aromatic N) is 1. The first-order valence-electron chi connectivity index (χ1n) is 7.53. The average molecular weight is 355 g/mol. The molecule has 2 aromatic carbocycles. The molecule has 3 rings (SSSR count). The summed E-state index contributed by atoms with van der Waals surface area (Å²) in [6, 6.07) is 16.0. The average Bonchev–Trinajstić information content (AvgIpc) is 2.81. The van der Waals surface area contributed by atoms with Crippen LogP contribution in [-0.4, -0.2) is 22.2 Å². The lowest BCUT2D eigenvalue weighted by atomic mass is 10.1. The smallest absolute Gasteiger partial charge is 0.265 e. The molecule has 0 atom stereocenters. The van der Waals surface area contributed by atoms with E-state index in [0.717, 1.165) is 16.9 Å². The molecule has 1 fully saturated rings. The first kappa shape index (κ1) is 16.7. The van der Waals surface area contributed by atoms with Gasteiger partial charge < -0.3 is 4.74 Å². The maximum Gasteiger partial charge on any atom is 0.265 e. The van der Waals surface area contributed by atoms with Gasteiger partial charge in [0.15, 0.2) is 0 Å². The molecule has 0 aliphatic carbocycles. The van der Waals surface area contributed by atoms with Crippen LogP contribution in [0.15, 0.2) is 53.4 Å². The van der Waals surface area contributed by atoms with E-state index in [1.165, 1.54) is 22.2 Å². The molecule has 24 heavy (non-hydrogen) atoms. The highest BCUT2D eigenvalue weighted by Gasteiger charge is 2.28. The van der Waals surface area contributed by atoms with E-state index in [1.54, 1.807) is 7.05 Å². The van der Waals surface area contributed by atoms with Crippen LogP contribution in [-0.2, 0) is 11.4 Å². The third-order valence-electron chi connectivity index (χ3n) is 3.65. The van der Waals surface area contributed by atoms with Gasteiger partial charge in [-0.3, -0.25) is 9.69 Å². The number of thiocarbonyl (C=S) groups is 1. The summed E-state index contributed by atoms with van der Waals surface area (Å²) in [5, 5.41) is 0. The monoisotopic (exact) mass is 355 g/mol. The zero-order valence-corrected chi connectivity index (χ0v) is 15.1. The first-order chi connectivity index (χ1) is 11.5.